The highest BCUT2D eigenvalue weighted by atomic mass is 79.9. The molecule has 0 amide bonds. The molecule has 2 aliphatic rings. The third kappa shape index (κ3) is 1.73. The summed E-state index contributed by atoms with van der Waals surface area (Å²) in [6.07, 6.45) is 2.90. The second kappa shape index (κ2) is 5.69. The average molecular weight is 386 g/mol. The van der Waals surface area contributed by atoms with E-state index in [1.165, 1.54) is 22.3 Å². The number of nitrogens with zero attached hydrogens (tertiary/aromatic N) is 1. The fourth-order valence-corrected chi connectivity index (χ4v) is 5.74. The van der Waals surface area contributed by atoms with Crippen LogP contribution < -0.4 is 0 Å². The maximum Gasteiger partial charge on any atom is 0.0730 e. The van der Waals surface area contributed by atoms with Crippen LogP contribution in [0.5, 0.6) is 0 Å². The van der Waals surface area contributed by atoms with Gasteiger partial charge in [0.1, 0.15) is 0 Å². The molecule has 2 aromatic rings. The highest BCUT2D eigenvalue weighted by Crippen LogP contribution is 2.65. The summed E-state index contributed by atoms with van der Waals surface area (Å²) in [5.41, 5.74) is 5.68. The van der Waals surface area contributed by atoms with E-state index in [9.17, 15) is 5.11 Å². The third-order valence-corrected chi connectivity index (χ3v) is 6.67. The van der Waals surface area contributed by atoms with Crippen LogP contribution in [0.15, 0.2) is 46.9 Å². The first-order valence-corrected chi connectivity index (χ1v) is 9.75. The monoisotopic (exact) mass is 385 g/mol. The van der Waals surface area contributed by atoms with Crippen LogP contribution in [0.1, 0.15) is 55.4 Å². The van der Waals surface area contributed by atoms with Crippen molar-refractivity contribution in [2.75, 3.05) is 13.2 Å². The minimum atomic E-state index is -0.0686. The molecule has 0 saturated carbocycles. The van der Waals surface area contributed by atoms with E-state index < -0.39 is 0 Å². The van der Waals surface area contributed by atoms with Gasteiger partial charge in [0, 0.05) is 17.6 Å². The van der Waals surface area contributed by atoms with E-state index in [0.29, 0.717) is 0 Å². The molecule has 2 bridgehead atoms. The average Bonchev–Trinajstić information content (AvgIpc) is 3.01. The molecule has 1 N–H and O–H groups in total. The van der Waals surface area contributed by atoms with Crippen LogP contribution in [0.2, 0.25) is 0 Å². The van der Waals surface area contributed by atoms with Crippen LogP contribution in [0.25, 0.3) is 0 Å². The van der Waals surface area contributed by atoms with Crippen molar-refractivity contribution in [3.63, 3.8) is 0 Å². The lowest BCUT2D eigenvalue weighted by molar-refractivity contribution is 0.0609. The standard InChI is InChI=1S/C21H24BrNO/c1-3-20-16-8-5-6-9-17(16)21(4-2,23(20)12-7-13-24)19-14-15(22)10-11-18(19)20/h5-6,8-11,14,24H,3-4,7,12-13H2,1-2H3. The molecule has 0 saturated heterocycles. The molecule has 0 fully saturated rings. The topological polar surface area (TPSA) is 23.5 Å². The largest absolute Gasteiger partial charge is 0.396 e. The van der Waals surface area contributed by atoms with Crippen molar-refractivity contribution in [2.24, 2.45) is 0 Å². The van der Waals surface area contributed by atoms with Crippen LogP contribution in [0.4, 0.5) is 0 Å². The SMILES string of the molecule is CCC12c3ccccc3C(CC)(c3cc(Br)ccc31)N2CCCO. The van der Waals surface area contributed by atoms with Crippen LogP contribution in [-0.4, -0.2) is 23.2 Å². The molecule has 2 unspecified atom stereocenters. The Hall–Kier alpha value is -1.16. The number of fused-ring (bicyclic) bond motifs is 8. The molecule has 4 rings (SSSR count). The molecule has 24 heavy (non-hydrogen) atoms. The predicted molar refractivity (Wildman–Crippen MR) is 101 cm³/mol. The van der Waals surface area contributed by atoms with Crippen molar-refractivity contribution >= 4 is 15.9 Å². The summed E-state index contributed by atoms with van der Waals surface area (Å²) in [4.78, 5) is 2.68. The number of benzene rings is 2. The van der Waals surface area contributed by atoms with E-state index in [1.54, 1.807) is 0 Å². The van der Waals surface area contributed by atoms with Crippen LogP contribution in [-0.2, 0) is 11.1 Å². The fraction of sp³-hybridized carbons (Fsp3) is 0.429. The van der Waals surface area contributed by atoms with E-state index in [2.05, 4.69) is 77.1 Å². The van der Waals surface area contributed by atoms with Crippen molar-refractivity contribution in [1.29, 1.82) is 0 Å². The lowest BCUT2D eigenvalue weighted by Gasteiger charge is -2.40. The number of hydrogen-bond acceptors (Lipinski definition) is 2. The quantitative estimate of drug-likeness (QED) is 0.801. The summed E-state index contributed by atoms with van der Waals surface area (Å²) in [6.45, 7) is 5.75. The normalized spacial score (nSPS) is 27.3. The molecular weight excluding hydrogens is 362 g/mol. The van der Waals surface area contributed by atoms with Gasteiger partial charge >= 0.3 is 0 Å². The lowest BCUT2D eigenvalue weighted by Crippen LogP contribution is -2.46. The first-order valence-electron chi connectivity index (χ1n) is 8.96. The molecule has 3 heteroatoms. The van der Waals surface area contributed by atoms with Gasteiger partial charge in [-0.05, 0) is 53.6 Å². The van der Waals surface area contributed by atoms with Gasteiger partial charge in [0.15, 0.2) is 0 Å². The van der Waals surface area contributed by atoms with Gasteiger partial charge in [-0.2, -0.15) is 0 Å². The molecule has 0 radical (unpaired) electrons. The van der Waals surface area contributed by atoms with Gasteiger partial charge in [0.05, 0.1) is 11.1 Å². The number of rotatable bonds is 5. The Balaban J connectivity index is 2.06. The molecule has 2 nitrogen and oxygen atoms in total. The first-order chi connectivity index (χ1) is 11.7. The Morgan fingerprint density at radius 2 is 1.50 bits per heavy atom. The van der Waals surface area contributed by atoms with Crippen molar-refractivity contribution in [1.82, 2.24) is 4.90 Å². The molecule has 0 aliphatic carbocycles. The van der Waals surface area contributed by atoms with Gasteiger partial charge in [0.25, 0.3) is 0 Å². The number of halogens is 1. The minimum absolute atomic E-state index is 0.0577. The summed E-state index contributed by atoms with van der Waals surface area (Å²) in [5, 5.41) is 9.48. The second-order valence-corrected chi connectivity index (χ2v) is 7.81. The number of aliphatic hydroxyl groups is 1. The molecule has 2 atom stereocenters. The van der Waals surface area contributed by atoms with Gasteiger partial charge < -0.3 is 5.11 Å². The molecular formula is C21H24BrNO. The lowest BCUT2D eigenvalue weighted by atomic mass is 9.71. The van der Waals surface area contributed by atoms with E-state index in [-0.39, 0.29) is 17.7 Å². The maximum atomic E-state index is 9.48. The predicted octanol–water partition coefficient (Wildman–Crippen LogP) is 4.77. The zero-order valence-corrected chi connectivity index (χ0v) is 15.9. The van der Waals surface area contributed by atoms with Gasteiger partial charge in [-0.15, -0.1) is 0 Å². The maximum absolute atomic E-state index is 9.48. The highest BCUT2D eigenvalue weighted by molar-refractivity contribution is 9.10. The molecule has 126 valence electrons. The molecule has 2 aromatic carbocycles. The van der Waals surface area contributed by atoms with Gasteiger partial charge in [-0.25, -0.2) is 0 Å². The van der Waals surface area contributed by atoms with E-state index in [4.69, 9.17) is 0 Å². The van der Waals surface area contributed by atoms with Crippen LogP contribution >= 0.6 is 15.9 Å². The Labute approximate surface area is 152 Å². The van der Waals surface area contributed by atoms with Crippen LogP contribution in [0, 0.1) is 0 Å². The minimum Gasteiger partial charge on any atom is -0.396 e. The molecule has 2 heterocycles. The van der Waals surface area contributed by atoms with Gasteiger partial charge in [-0.1, -0.05) is 60.1 Å². The number of aliphatic hydroxyl groups excluding tert-OH is 1. The van der Waals surface area contributed by atoms with Crippen molar-refractivity contribution < 1.29 is 5.11 Å². The summed E-state index contributed by atoms with van der Waals surface area (Å²) < 4.78 is 1.15. The van der Waals surface area contributed by atoms with Crippen molar-refractivity contribution in [3.8, 4) is 0 Å². The van der Waals surface area contributed by atoms with E-state index >= 15 is 0 Å². The molecule has 2 aliphatic heterocycles. The van der Waals surface area contributed by atoms with Crippen molar-refractivity contribution in [2.45, 2.75) is 44.2 Å². The Morgan fingerprint density at radius 1 is 0.917 bits per heavy atom. The Morgan fingerprint density at radius 3 is 2.08 bits per heavy atom. The third-order valence-electron chi connectivity index (χ3n) is 6.18. The van der Waals surface area contributed by atoms with Gasteiger partial charge in [-0.3, -0.25) is 4.90 Å². The zero-order valence-electron chi connectivity index (χ0n) is 14.3. The van der Waals surface area contributed by atoms with E-state index in [1.807, 2.05) is 0 Å². The molecule has 0 spiro atoms. The number of hydrogen-bond donors (Lipinski definition) is 1. The van der Waals surface area contributed by atoms with Gasteiger partial charge in [0.2, 0.25) is 0 Å². The molecule has 0 aromatic heterocycles. The smallest absolute Gasteiger partial charge is 0.0730 e. The zero-order chi connectivity index (χ0) is 16.9. The summed E-state index contributed by atoms with van der Waals surface area (Å²) in [5.74, 6) is 0. The Bertz CT molecular complexity index is 789. The first kappa shape index (κ1) is 16.3. The summed E-state index contributed by atoms with van der Waals surface area (Å²) in [7, 11) is 0. The van der Waals surface area contributed by atoms with Crippen molar-refractivity contribution in [3.05, 3.63) is 69.2 Å². The second-order valence-electron chi connectivity index (χ2n) is 6.89. The Kier molecular flexibility index (Phi) is 3.87. The van der Waals surface area contributed by atoms with Crippen LogP contribution in [0.3, 0.4) is 0 Å². The summed E-state index contributed by atoms with van der Waals surface area (Å²) in [6, 6.07) is 15.8. The fourth-order valence-electron chi connectivity index (χ4n) is 5.38. The highest BCUT2D eigenvalue weighted by Gasteiger charge is 2.64. The summed E-state index contributed by atoms with van der Waals surface area (Å²) >= 11 is 3.68. The van der Waals surface area contributed by atoms with E-state index in [0.717, 1.165) is 30.3 Å².